The molecule has 3 aromatic rings. The van der Waals surface area contributed by atoms with Crippen LogP contribution in [-0.2, 0) is 16.0 Å². The van der Waals surface area contributed by atoms with Gasteiger partial charge in [0, 0.05) is 36.3 Å². The van der Waals surface area contributed by atoms with Gasteiger partial charge in [-0.1, -0.05) is 36.4 Å². The second kappa shape index (κ2) is 6.44. The third kappa shape index (κ3) is 2.58. The van der Waals surface area contributed by atoms with Crippen molar-refractivity contribution >= 4 is 34.1 Å². The van der Waals surface area contributed by atoms with Gasteiger partial charge in [-0.2, -0.15) is 0 Å². The van der Waals surface area contributed by atoms with Crippen LogP contribution in [0.2, 0.25) is 0 Å². The number of pyridine rings is 1. The van der Waals surface area contributed by atoms with Gasteiger partial charge in [0.15, 0.2) is 0 Å². The molecule has 2 atom stereocenters. The van der Waals surface area contributed by atoms with Gasteiger partial charge in [-0.05, 0) is 37.1 Å². The van der Waals surface area contributed by atoms with Crippen molar-refractivity contribution in [2.75, 3.05) is 16.3 Å². The molecule has 2 unspecified atom stereocenters. The number of rotatable bonds is 2. The van der Waals surface area contributed by atoms with Crippen LogP contribution in [0.3, 0.4) is 0 Å². The molecule has 0 aliphatic carbocycles. The van der Waals surface area contributed by atoms with Gasteiger partial charge in [0.05, 0.1) is 17.1 Å². The Labute approximate surface area is 163 Å². The number of nitrogens with zero attached hydrogens (tertiary/aromatic N) is 3. The maximum absolute atomic E-state index is 13.3. The monoisotopic (exact) mass is 371 g/mol. The van der Waals surface area contributed by atoms with E-state index in [0.29, 0.717) is 6.54 Å². The van der Waals surface area contributed by atoms with Crippen molar-refractivity contribution in [2.45, 2.75) is 25.8 Å². The van der Waals surface area contributed by atoms with Crippen LogP contribution in [0.4, 0.5) is 11.4 Å². The highest BCUT2D eigenvalue weighted by Gasteiger charge is 2.41. The van der Waals surface area contributed by atoms with Crippen LogP contribution >= 0.6 is 0 Å². The van der Waals surface area contributed by atoms with Gasteiger partial charge in [0.1, 0.15) is 0 Å². The number of fused-ring (bicyclic) bond motifs is 2. The molecule has 2 aliphatic heterocycles. The van der Waals surface area contributed by atoms with Crippen molar-refractivity contribution in [1.82, 2.24) is 4.98 Å². The molecule has 1 fully saturated rings. The maximum Gasteiger partial charge on any atom is 0.232 e. The van der Waals surface area contributed by atoms with E-state index in [1.807, 2.05) is 53.4 Å². The lowest BCUT2D eigenvalue weighted by Gasteiger charge is -2.26. The van der Waals surface area contributed by atoms with E-state index < -0.39 is 0 Å². The highest BCUT2D eigenvalue weighted by atomic mass is 16.2. The van der Waals surface area contributed by atoms with Gasteiger partial charge in [0.25, 0.3) is 0 Å². The molecule has 140 valence electrons. The second-order valence-electron chi connectivity index (χ2n) is 7.65. The molecule has 2 amide bonds. The summed E-state index contributed by atoms with van der Waals surface area (Å²) in [7, 11) is 0. The largest absolute Gasteiger partial charge is 0.309 e. The number of benzene rings is 2. The van der Waals surface area contributed by atoms with E-state index in [0.717, 1.165) is 28.7 Å². The van der Waals surface area contributed by atoms with Crippen molar-refractivity contribution in [2.24, 2.45) is 5.92 Å². The van der Waals surface area contributed by atoms with Crippen molar-refractivity contribution in [3.05, 3.63) is 66.4 Å². The summed E-state index contributed by atoms with van der Waals surface area (Å²) in [5.74, 6) is -0.307. The SMILES string of the molecule is CC1Cc2ccccc2N1C(=O)C1CC(=O)N(c2cccc3cccnc23)C1. The van der Waals surface area contributed by atoms with Crippen LogP contribution in [0.15, 0.2) is 60.8 Å². The summed E-state index contributed by atoms with van der Waals surface area (Å²) in [6.07, 6.45) is 2.84. The molecule has 5 rings (SSSR count). The van der Waals surface area contributed by atoms with Gasteiger partial charge in [-0.3, -0.25) is 14.6 Å². The lowest BCUT2D eigenvalue weighted by Crippen LogP contribution is -2.41. The second-order valence-corrected chi connectivity index (χ2v) is 7.65. The summed E-state index contributed by atoms with van der Waals surface area (Å²) in [5.41, 5.74) is 3.76. The number of carbonyl (C=O) groups is 2. The van der Waals surface area contributed by atoms with E-state index in [1.54, 1.807) is 11.1 Å². The fourth-order valence-corrected chi connectivity index (χ4v) is 4.51. The van der Waals surface area contributed by atoms with E-state index in [4.69, 9.17) is 0 Å². The molecule has 5 heteroatoms. The Balaban J connectivity index is 1.45. The predicted octanol–water partition coefficient (Wildman–Crippen LogP) is 3.57. The third-order valence-corrected chi connectivity index (χ3v) is 5.82. The molecule has 0 spiro atoms. The predicted molar refractivity (Wildman–Crippen MR) is 109 cm³/mol. The van der Waals surface area contributed by atoms with Crippen LogP contribution < -0.4 is 9.80 Å². The highest BCUT2D eigenvalue weighted by Crippen LogP contribution is 2.36. The minimum absolute atomic E-state index is 0.0170. The molecule has 0 bridgehead atoms. The van der Waals surface area contributed by atoms with Crippen LogP contribution in [0.1, 0.15) is 18.9 Å². The Bertz CT molecular complexity index is 1090. The lowest BCUT2D eigenvalue weighted by molar-refractivity contribution is -0.124. The number of aromatic nitrogens is 1. The number of hydrogen-bond donors (Lipinski definition) is 0. The molecule has 28 heavy (non-hydrogen) atoms. The van der Waals surface area contributed by atoms with E-state index in [1.165, 1.54) is 5.56 Å². The quantitative estimate of drug-likeness (QED) is 0.692. The fraction of sp³-hybridized carbons (Fsp3) is 0.261. The molecule has 2 aliphatic rings. The molecule has 0 radical (unpaired) electrons. The smallest absolute Gasteiger partial charge is 0.232 e. The molecule has 3 heterocycles. The maximum atomic E-state index is 13.3. The number of para-hydroxylation sites is 2. The number of carbonyl (C=O) groups excluding carboxylic acids is 2. The fourth-order valence-electron chi connectivity index (χ4n) is 4.51. The normalized spacial score (nSPS) is 21.4. The van der Waals surface area contributed by atoms with E-state index in [9.17, 15) is 9.59 Å². The van der Waals surface area contributed by atoms with Gasteiger partial charge in [-0.25, -0.2) is 0 Å². The Hall–Kier alpha value is -3.21. The van der Waals surface area contributed by atoms with E-state index >= 15 is 0 Å². The minimum atomic E-state index is -0.333. The Morgan fingerprint density at radius 3 is 2.68 bits per heavy atom. The van der Waals surface area contributed by atoms with Gasteiger partial charge in [-0.15, -0.1) is 0 Å². The summed E-state index contributed by atoms with van der Waals surface area (Å²) < 4.78 is 0. The van der Waals surface area contributed by atoms with Crippen molar-refractivity contribution < 1.29 is 9.59 Å². The highest BCUT2D eigenvalue weighted by molar-refractivity contribution is 6.08. The first-order chi connectivity index (χ1) is 13.6. The zero-order valence-corrected chi connectivity index (χ0v) is 15.7. The molecule has 1 aromatic heterocycles. The first-order valence-corrected chi connectivity index (χ1v) is 9.68. The van der Waals surface area contributed by atoms with Gasteiger partial charge >= 0.3 is 0 Å². The van der Waals surface area contributed by atoms with Crippen LogP contribution in [0.5, 0.6) is 0 Å². The van der Waals surface area contributed by atoms with Crippen LogP contribution in [-0.4, -0.2) is 29.4 Å². The molecule has 5 nitrogen and oxygen atoms in total. The van der Waals surface area contributed by atoms with Crippen molar-refractivity contribution in [1.29, 1.82) is 0 Å². The summed E-state index contributed by atoms with van der Waals surface area (Å²) in [6.45, 7) is 2.47. The summed E-state index contributed by atoms with van der Waals surface area (Å²) in [5, 5.41) is 0.990. The molecule has 1 saturated heterocycles. The summed E-state index contributed by atoms with van der Waals surface area (Å²) in [4.78, 5) is 34.2. The molecular weight excluding hydrogens is 350 g/mol. The average Bonchev–Trinajstić information content (AvgIpc) is 3.26. The van der Waals surface area contributed by atoms with E-state index in [2.05, 4.69) is 18.0 Å². The van der Waals surface area contributed by atoms with Gasteiger partial charge < -0.3 is 9.80 Å². The first kappa shape index (κ1) is 16.9. The topological polar surface area (TPSA) is 53.5 Å². The Morgan fingerprint density at radius 1 is 1.00 bits per heavy atom. The molecule has 0 saturated carbocycles. The third-order valence-electron chi connectivity index (χ3n) is 5.82. The lowest BCUT2D eigenvalue weighted by atomic mass is 10.1. The summed E-state index contributed by atoms with van der Waals surface area (Å²) in [6, 6.07) is 17.9. The molecule has 0 N–H and O–H groups in total. The zero-order valence-electron chi connectivity index (χ0n) is 15.7. The number of anilines is 2. The van der Waals surface area contributed by atoms with Gasteiger partial charge in [0.2, 0.25) is 11.8 Å². The Morgan fingerprint density at radius 2 is 1.79 bits per heavy atom. The van der Waals surface area contributed by atoms with Crippen molar-refractivity contribution in [3.8, 4) is 0 Å². The summed E-state index contributed by atoms with van der Waals surface area (Å²) >= 11 is 0. The molecular formula is C23H21N3O2. The first-order valence-electron chi connectivity index (χ1n) is 9.68. The minimum Gasteiger partial charge on any atom is -0.309 e. The molecule has 2 aromatic carbocycles. The van der Waals surface area contributed by atoms with Crippen LogP contribution in [0, 0.1) is 5.92 Å². The number of amides is 2. The average molecular weight is 371 g/mol. The zero-order chi connectivity index (χ0) is 19.3. The Kier molecular flexibility index (Phi) is 3.90. The van der Waals surface area contributed by atoms with Crippen LogP contribution in [0.25, 0.3) is 10.9 Å². The number of hydrogen-bond acceptors (Lipinski definition) is 3. The van der Waals surface area contributed by atoms with Crippen molar-refractivity contribution in [3.63, 3.8) is 0 Å². The van der Waals surface area contributed by atoms with E-state index in [-0.39, 0.29) is 30.2 Å². The standard InChI is InChI=1S/C23H21N3O2/c1-15-12-17-6-2-3-9-19(17)26(15)23(28)18-13-21(27)25(14-18)20-10-4-7-16-8-5-11-24-22(16)20/h2-11,15,18H,12-14H2,1H3.